The van der Waals surface area contributed by atoms with Gasteiger partial charge in [-0.15, -0.1) is 0 Å². The SMILES string of the molecule is CC.CCC.CCCC1(CCC)c2cc(Sc3ccc(C)cc3)ccc2-c2c1cc(O)c1cc(OC)c(N3CCOCC3)cc21. The van der Waals surface area contributed by atoms with E-state index in [1.54, 1.807) is 7.11 Å². The van der Waals surface area contributed by atoms with Gasteiger partial charge in [-0.3, -0.25) is 0 Å². The number of anilines is 1. The second-order valence-electron chi connectivity index (χ2n) is 11.9. The van der Waals surface area contributed by atoms with Crippen LogP contribution in [0.1, 0.15) is 90.3 Å². The Morgan fingerprint density at radius 3 is 2.04 bits per heavy atom. The minimum absolute atomic E-state index is 0.122. The third-order valence-corrected chi connectivity index (χ3v) is 9.67. The van der Waals surface area contributed by atoms with E-state index in [0.29, 0.717) is 19.0 Å². The second kappa shape index (κ2) is 15.9. The van der Waals surface area contributed by atoms with Crippen LogP contribution in [0.15, 0.2) is 70.5 Å². The summed E-state index contributed by atoms with van der Waals surface area (Å²) in [5.74, 6) is 1.13. The topological polar surface area (TPSA) is 41.9 Å². The molecule has 2 aliphatic rings. The van der Waals surface area contributed by atoms with Gasteiger partial charge in [0.15, 0.2) is 0 Å². The fourth-order valence-electron chi connectivity index (χ4n) is 6.91. The largest absolute Gasteiger partial charge is 0.507 e. The zero-order chi connectivity index (χ0) is 32.6. The second-order valence-corrected chi connectivity index (χ2v) is 13.0. The lowest BCUT2D eigenvalue weighted by Gasteiger charge is -2.33. The molecular formula is C40H53NO3S. The van der Waals surface area contributed by atoms with Crippen molar-refractivity contribution in [2.24, 2.45) is 0 Å². The van der Waals surface area contributed by atoms with Gasteiger partial charge < -0.3 is 19.5 Å². The van der Waals surface area contributed by atoms with Gasteiger partial charge in [0.1, 0.15) is 11.5 Å². The molecule has 5 heteroatoms. The number of hydrogen-bond acceptors (Lipinski definition) is 5. The number of ether oxygens (including phenoxy) is 2. The molecule has 1 heterocycles. The summed E-state index contributed by atoms with van der Waals surface area (Å²) in [6.45, 7) is 18.0. The van der Waals surface area contributed by atoms with E-state index in [9.17, 15) is 5.11 Å². The first-order valence-electron chi connectivity index (χ1n) is 17.0. The van der Waals surface area contributed by atoms with Crippen LogP contribution in [-0.4, -0.2) is 38.5 Å². The van der Waals surface area contributed by atoms with Gasteiger partial charge in [-0.2, -0.15) is 0 Å². The zero-order valence-electron chi connectivity index (χ0n) is 28.8. The Morgan fingerprint density at radius 2 is 1.44 bits per heavy atom. The van der Waals surface area contributed by atoms with E-state index in [1.165, 1.54) is 44.0 Å². The molecule has 0 aromatic heterocycles. The number of fused-ring (bicyclic) bond motifs is 5. The summed E-state index contributed by atoms with van der Waals surface area (Å²) in [6.07, 6.45) is 5.51. The third kappa shape index (κ3) is 7.00. The Labute approximate surface area is 276 Å². The Morgan fingerprint density at radius 1 is 0.822 bits per heavy atom. The number of aryl methyl sites for hydroxylation is 1. The van der Waals surface area contributed by atoms with Crippen LogP contribution < -0.4 is 9.64 Å². The van der Waals surface area contributed by atoms with Crippen LogP contribution in [0.5, 0.6) is 11.5 Å². The predicted octanol–water partition coefficient (Wildman–Crippen LogP) is 11.2. The van der Waals surface area contributed by atoms with Crippen molar-refractivity contribution in [1.29, 1.82) is 0 Å². The van der Waals surface area contributed by atoms with Crippen molar-refractivity contribution in [1.82, 2.24) is 0 Å². The zero-order valence-corrected chi connectivity index (χ0v) is 29.6. The molecule has 0 amide bonds. The predicted molar refractivity (Wildman–Crippen MR) is 194 cm³/mol. The molecule has 1 aliphatic heterocycles. The van der Waals surface area contributed by atoms with Crippen molar-refractivity contribution < 1.29 is 14.6 Å². The number of methoxy groups -OCH3 is 1. The van der Waals surface area contributed by atoms with Crippen LogP contribution in [0.4, 0.5) is 5.69 Å². The summed E-state index contributed by atoms with van der Waals surface area (Å²) in [5, 5.41) is 13.4. The molecule has 0 saturated carbocycles. The minimum atomic E-state index is -0.122. The number of benzene rings is 4. The number of morpholine rings is 1. The Bertz CT molecular complexity index is 1550. The molecule has 1 N–H and O–H groups in total. The van der Waals surface area contributed by atoms with Gasteiger partial charge in [-0.25, -0.2) is 0 Å². The molecule has 242 valence electrons. The lowest BCUT2D eigenvalue weighted by atomic mass is 9.71. The lowest BCUT2D eigenvalue weighted by molar-refractivity contribution is 0.122. The van der Waals surface area contributed by atoms with Gasteiger partial charge in [-0.1, -0.05) is 96.3 Å². The smallest absolute Gasteiger partial charge is 0.142 e. The molecule has 1 fully saturated rings. The quantitative estimate of drug-likeness (QED) is 0.210. The number of phenols is 1. The molecule has 0 atom stereocenters. The molecule has 0 spiro atoms. The van der Waals surface area contributed by atoms with E-state index in [-0.39, 0.29) is 5.41 Å². The number of nitrogens with zero attached hydrogens (tertiary/aromatic N) is 1. The van der Waals surface area contributed by atoms with E-state index in [1.807, 2.05) is 31.7 Å². The highest BCUT2D eigenvalue weighted by Gasteiger charge is 2.43. The lowest BCUT2D eigenvalue weighted by Crippen LogP contribution is -2.36. The molecule has 4 aromatic rings. The molecule has 1 aliphatic carbocycles. The van der Waals surface area contributed by atoms with Gasteiger partial charge in [-0.05, 0) is 89.9 Å². The Kier molecular flexibility index (Phi) is 12.3. The summed E-state index contributed by atoms with van der Waals surface area (Å²) in [5.41, 5.74) is 7.47. The first-order valence-corrected chi connectivity index (χ1v) is 17.8. The summed E-state index contributed by atoms with van der Waals surface area (Å²) in [6, 6.07) is 22.1. The van der Waals surface area contributed by atoms with Crippen molar-refractivity contribution in [3.05, 3.63) is 77.4 Å². The first-order chi connectivity index (χ1) is 21.9. The summed E-state index contributed by atoms with van der Waals surface area (Å²) < 4.78 is 11.5. The van der Waals surface area contributed by atoms with Crippen LogP contribution in [0, 0.1) is 6.92 Å². The summed E-state index contributed by atoms with van der Waals surface area (Å²) >= 11 is 1.83. The molecule has 0 radical (unpaired) electrons. The molecule has 4 aromatic carbocycles. The van der Waals surface area contributed by atoms with Crippen LogP contribution in [-0.2, 0) is 10.2 Å². The molecule has 4 nitrogen and oxygen atoms in total. The standard InChI is InChI=1S/C35H39NO3S.C3H8.C2H6/c1-5-13-35(14-6-2)29-19-25(40-24-9-7-23(3)8-10-24)11-12-26(29)34-28-20-31(36-15-17-39-18-16-36)33(38-4)21-27(28)32(37)22-30(34)35;1-3-2;1-2/h7-12,19-22,37H,5-6,13-18H2,1-4H3;3H2,1-2H3;1-2H3. The fourth-order valence-corrected chi connectivity index (χ4v) is 7.76. The molecule has 0 bridgehead atoms. The molecule has 1 saturated heterocycles. The van der Waals surface area contributed by atoms with E-state index in [4.69, 9.17) is 9.47 Å². The maximum atomic E-state index is 11.5. The average molecular weight is 628 g/mol. The summed E-state index contributed by atoms with van der Waals surface area (Å²) in [4.78, 5) is 4.86. The van der Waals surface area contributed by atoms with E-state index < -0.39 is 0 Å². The van der Waals surface area contributed by atoms with Crippen molar-refractivity contribution in [2.45, 2.75) is 95.8 Å². The van der Waals surface area contributed by atoms with Crippen molar-refractivity contribution >= 4 is 28.2 Å². The Hall–Kier alpha value is -3.15. The van der Waals surface area contributed by atoms with Gasteiger partial charge in [0.2, 0.25) is 0 Å². The van der Waals surface area contributed by atoms with Crippen LogP contribution >= 0.6 is 11.8 Å². The molecule has 0 unspecified atom stereocenters. The van der Waals surface area contributed by atoms with Gasteiger partial charge >= 0.3 is 0 Å². The molecular weight excluding hydrogens is 575 g/mol. The van der Waals surface area contributed by atoms with Gasteiger partial charge in [0.05, 0.1) is 26.0 Å². The van der Waals surface area contributed by atoms with E-state index in [0.717, 1.165) is 61.0 Å². The van der Waals surface area contributed by atoms with Gasteiger partial charge in [0, 0.05) is 33.7 Å². The summed E-state index contributed by atoms with van der Waals surface area (Å²) in [7, 11) is 1.71. The highest BCUT2D eigenvalue weighted by molar-refractivity contribution is 7.99. The highest BCUT2D eigenvalue weighted by Crippen LogP contribution is 2.58. The maximum absolute atomic E-state index is 11.5. The fraction of sp³-hybridized carbons (Fsp3) is 0.450. The van der Waals surface area contributed by atoms with Crippen LogP contribution in [0.2, 0.25) is 0 Å². The van der Waals surface area contributed by atoms with Crippen LogP contribution in [0.3, 0.4) is 0 Å². The first kappa shape index (κ1) is 34.7. The number of rotatable bonds is 8. The highest BCUT2D eigenvalue weighted by atomic mass is 32.2. The number of aromatic hydroxyl groups is 1. The monoisotopic (exact) mass is 627 g/mol. The molecule has 45 heavy (non-hydrogen) atoms. The minimum Gasteiger partial charge on any atom is -0.507 e. The van der Waals surface area contributed by atoms with Crippen molar-refractivity contribution in [3.8, 4) is 22.6 Å². The average Bonchev–Trinajstić information content (AvgIpc) is 3.32. The number of hydrogen-bond donors (Lipinski definition) is 1. The van der Waals surface area contributed by atoms with Crippen molar-refractivity contribution in [3.63, 3.8) is 0 Å². The van der Waals surface area contributed by atoms with Crippen molar-refractivity contribution in [2.75, 3.05) is 38.3 Å². The Balaban J connectivity index is 0.000000871. The van der Waals surface area contributed by atoms with Crippen LogP contribution in [0.25, 0.3) is 21.9 Å². The van der Waals surface area contributed by atoms with E-state index in [2.05, 4.69) is 94.1 Å². The maximum Gasteiger partial charge on any atom is 0.142 e. The van der Waals surface area contributed by atoms with Gasteiger partial charge in [0.25, 0.3) is 0 Å². The molecule has 6 rings (SSSR count). The third-order valence-electron chi connectivity index (χ3n) is 8.67. The normalized spacial score (nSPS) is 14.5. The number of phenolic OH excluding ortho intramolecular Hbond substituents is 1. The van der Waals surface area contributed by atoms with E-state index >= 15 is 0 Å².